The summed E-state index contributed by atoms with van der Waals surface area (Å²) in [5, 5.41) is 10.9. The summed E-state index contributed by atoms with van der Waals surface area (Å²) in [6.07, 6.45) is 3.26. The maximum Gasteiger partial charge on any atom is 0.131 e. The van der Waals surface area contributed by atoms with E-state index in [2.05, 4.69) is 4.90 Å². The van der Waals surface area contributed by atoms with E-state index in [4.69, 9.17) is 4.74 Å². The van der Waals surface area contributed by atoms with Crippen LogP contribution in [0.3, 0.4) is 0 Å². The van der Waals surface area contributed by atoms with Gasteiger partial charge in [0.05, 0.1) is 12.6 Å². The Labute approximate surface area is 198 Å². The zero-order chi connectivity index (χ0) is 23.5. The average molecular weight is 463 g/mol. The van der Waals surface area contributed by atoms with Crippen molar-refractivity contribution >= 4 is 10.9 Å². The molecule has 0 unspecified atom stereocenters. The molecule has 34 heavy (non-hydrogen) atoms. The second-order valence-corrected chi connectivity index (χ2v) is 8.94. The van der Waals surface area contributed by atoms with Crippen molar-refractivity contribution in [3.05, 3.63) is 101 Å². The van der Waals surface area contributed by atoms with Crippen molar-refractivity contribution in [3.8, 4) is 5.75 Å². The largest absolute Gasteiger partial charge is 0.489 e. The summed E-state index contributed by atoms with van der Waals surface area (Å²) in [6, 6.07) is 19.8. The quantitative estimate of drug-likeness (QED) is 0.394. The predicted molar refractivity (Wildman–Crippen MR) is 129 cm³/mol. The summed E-state index contributed by atoms with van der Waals surface area (Å²) in [5.41, 5.74) is 3.12. The van der Waals surface area contributed by atoms with Crippen LogP contribution in [-0.4, -0.2) is 33.8 Å². The summed E-state index contributed by atoms with van der Waals surface area (Å²) >= 11 is 0. The lowest BCUT2D eigenvalue weighted by atomic mass is 10.1. The highest BCUT2D eigenvalue weighted by molar-refractivity contribution is 5.85. The highest BCUT2D eigenvalue weighted by Gasteiger charge is 2.20. The zero-order valence-electron chi connectivity index (χ0n) is 19.0. The first-order valence-corrected chi connectivity index (χ1v) is 11.7. The Kier molecular flexibility index (Phi) is 6.61. The molecular weight excluding hydrogens is 434 g/mol. The molecule has 3 aromatic carbocycles. The van der Waals surface area contributed by atoms with Crippen LogP contribution in [0.15, 0.2) is 72.9 Å². The zero-order valence-corrected chi connectivity index (χ0v) is 19.0. The van der Waals surface area contributed by atoms with Gasteiger partial charge in [0.15, 0.2) is 0 Å². The van der Waals surface area contributed by atoms with Gasteiger partial charge in [-0.15, -0.1) is 0 Å². The van der Waals surface area contributed by atoms with Gasteiger partial charge >= 0.3 is 0 Å². The molecule has 1 fully saturated rings. The molecule has 5 rings (SSSR count). The van der Waals surface area contributed by atoms with Gasteiger partial charge in [0.1, 0.15) is 24.0 Å². The molecule has 1 aliphatic heterocycles. The van der Waals surface area contributed by atoms with E-state index in [9.17, 15) is 13.9 Å². The predicted octanol–water partition coefficient (Wildman–Crippen LogP) is 5.50. The number of aromatic nitrogens is 1. The maximum absolute atomic E-state index is 14.4. The molecule has 0 radical (unpaired) electrons. The minimum atomic E-state index is -0.545. The average Bonchev–Trinajstić information content (AvgIpc) is 3.18. The van der Waals surface area contributed by atoms with E-state index in [1.165, 1.54) is 18.2 Å². The van der Waals surface area contributed by atoms with Gasteiger partial charge in [-0.05, 0) is 54.3 Å². The van der Waals surface area contributed by atoms with Crippen LogP contribution in [0.2, 0.25) is 0 Å². The molecule has 0 aliphatic carbocycles. The molecule has 4 aromatic rings. The van der Waals surface area contributed by atoms with Gasteiger partial charge in [-0.25, -0.2) is 8.78 Å². The number of piperidine rings is 1. The van der Waals surface area contributed by atoms with Crippen LogP contribution in [0.1, 0.15) is 29.5 Å². The standard InChI is InChI=1S/C28H28F2N2O2/c29-26-7-4-8-27(30)25(26)18-32-17-21(16-31-13-11-22(33)12-14-31)24-15-23(9-10-28(24)32)34-19-20-5-2-1-3-6-20/h1-10,15,17,22,33H,11-14,16,18-19H2. The fraction of sp³-hybridized carbons (Fsp3) is 0.286. The van der Waals surface area contributed by atoms with Crippen molar-refractivity contribution in [1.29, 1.82) is 0 Å². The fourth-order valence-corrected chi connectivity index (χ4v) is 4.61. The number of ether oxygens (including phenoxy) is 1. The Morgan fingerprint density at radius 2 is 1.62 bits per heavy atom. The van der Waals surface area contributed by atoms with E-state index < -0.39 is 11.6 Å². The first kappa shape index (κ1) is 22.6. The molecule has 0 bridgehead atoms. The minimum Gasteiger partial charge on any atom is -0.489 e. The third-order valence-corrected chi connectivity index (χ3v) is 6.52. The molecule has 6 heteroatoms. The number of hydrogen-bond donors (Lipinski definition) is 1. The number of benzene rings is 3. The second-order valence-electron chi connectivity index (χ2n) is 8.94. The molecule has 1 aliphatic rings. The molecule has 0 saturated carbocycles. The van der Waals surface area contributed by atoms with E-state index in [-0.39, 0.29) is 18.2 Å². The summed E-state index contributed by atoms with van der Waals surface area (Å²) in [4.78, 5) is 2.31. The number of nitrogens with zero attached hydrogens (tertiary/aromatic N) is 2. The number of rotatable bonds is 7. The van der Waals surface area contributed by atoms with Crippen molar-refractivity contribution in [1.82, 2.24) is 9.47 Å². The van der Waals surface area contributed by atoms with Crippen LogP contribution >= 0.6 is 0 Å². The number of fused-ring (bicyclic) bond motifs is 1. The van der Waals surface area contributed by atoms with Crippen molar-refractivity contribution in [2.75, 3.05) is 13.1 Å². The van der Waals surface area contributed by atoms with Crippen LogP contribution in [0.25, 0.3) is 10.9 Å². The van der Waals surface area contributed by atoms with Crippen molar-refractivity contribution in [2.24, 2.45) is 0 Å². The maximum atomic E-state index is 14.4. The van der Waals surface area contributed by atoms with E-state index >= 15 is 0 Å². The van der Waals surface area contributed by atoms with Crippen molar-refractivity contribution in [2.45, 2.75) is 38.6 Å². The second kappa shape index (κ2) is 9.95. The molecule has 2 heterocycles. The smallest absolute Gasteiger partial charge is 0.131 e. The Bertz CT molecular complexity index is 1240. The summed E-state index contributed by atoms with van der Waals surface area (Å²) in [6.45, 7) is 2.92. The normalized spacial score (nSPS) is 15.1. The van der Waals surface area contributed by atoms with Gasteiger partial charge in [-0.3, -0.25) is 4.90 Å². The molecule has 1 N–H and O–H groups in total. The van der Waals surface area contributed by atoms with Gasteiger partial charge in [-0.1, -0.05) is 36.4 Å². The third-order valence-electron chi connectivity index (χ3n) is 6.52. The first-order valence-electron chi connectivity index (χ1n) is 11.7. The minimum absolute atomic E-state index is 0.0523. The SMILES string of the molecule is OC1CCN(Cc2cn(Cc3c(F)cccc3F)c3ccc(OCc4ccccc4)cc23)CC1. The van der Waals surface area contributed by atoms with E-state index in [0.717, 1.165) is 53.7 Å². The van der Waals surface area contributed by atoms with E-state index in [0.29, 0.717) is 13.2 Å². The molecule has 176 valence electrons. The molecular formula is C28H28F2N2O2. The Morgan fingerprint density at radius 3 is 2.35 bits per heavy atom. The van der Waals surface area contributed by atoms with E-state index in [1.807, 2.05) is 59.3 Å². The lowest BCUT2D eigenvalue weighted by Gasteiger charge is -2.29. The van der Waals surface area contributed by atoms with Gasteiger partial charge in [0.25, 0.3) is 0 Å². The fourth-order valence-electron chi connectivity index (χ4n) is 4.61. The molecule has 0 spiro atoms. The molecule has 1 saturated heterocycles. The highest BCUT2D eigenvalue weighted by atomic mass is 19.1. The highest BCUT2D eigenvalue weighted by Crippen LogP contribution is 2.30. The lowest BCUT2D eigenvalue weighted by molar-refractivity contribution is 0.0794. The Balaban J connectivity index is 1.46. The summed E-state index contributed by atoms with van der Waals surface area (Å²) in [5.74, 6) is -0.339. The van der Waals surface area contributed by atoms with Gasteiger partial charge in [0, 0.05) is 42.3 Å². The van der Waals surface area contributed by atoms with Crippen molar-refractivity contribution < 1.29 is 18.6 Å². The molecule has 4 nitrogen and oxygen atoms in total. The van der Waals surface area contributed by atoms with Gasteiger partial charge < -0.3 is 14.4 Å². The number of hydrogen-bond acceptors (Lipinski definition) is 3. The molecule has 1 aromatic heterocycles. The Hall–Kier alpha value is -3.22. The summed E-state index contributed by atoms with van der Waals surface area (Å²) in [7, 11) is 0. The topological polar surface area (TPSA) is 37.6 Å². The van der Waals surface area contributed by atoms with Crippen LogP contribution in [0, 0.1) is 11.6 Å². The molecule has 0 atom stereocenters. The first-order chi connectivity index (χ1) is 16.6. The van der Waals surface area contributed by atoms with Gasteiger partial charge in [-0.2, -0.15) is 0 Å². The van der Waals surface area contributed by atoms with Crippen molar-refractivity contribution in [3.63, 3.8) is 0 Å². The van der Waals surface area contributed by atoms with Crippen LogP contribution in [0.5, 0.6) is 5.75 Å². The third kappa shape index (κ3) is 4.98. The van der Waals surface area contributed by atoms with Crippen LogP contribution in [0.4, 0.5) is 8.78 Å². The van der Waals surface area contributed by atoms with Crippen LogP contribution < -0.4 is 4.74 Å². The van der Waals surface area contributed by atoms with Crippen LogP contribution in [-0.2, 0) is 19.7 Å². The monoisotopic (exact) mass is 462 g/mol. The number of halogens is 2. The Morgan fingerprint density at radius 1 is 0.882 bits per heavy atom. The van der Waals surface area contributed by atoms with Gasteiger partial charge in [0.2, 0.25) is 0 Å². The number of likely N-dealkylation sites (tertiary alicyclic amines) is 1. The lowest BCUT2D eigenvalue weighted by Crippen LogP contribution is -2.35. The molecule has 0 amide bonds. The summed E-state index contributed by atoms with van der Waals surface area (Å²) < 4.78 is 36.7. The number of aliphatic hydroxyl groups is 1. The number of aliphatic hydroxyl groups excluding tert-OH is 1. The van der Waals surface area contributed by atoms with E-state index in [1.54, 1.807) is 0 Å².